The molecule has 0 radical (unpaired) electrons. The number of allylic oxidation sites excluding steroid dienone is 1. The van der Waals surface area contributed by atoms with Crippen molar-refractivity contribution < 1.29 is 0 Å². The summed E-state index contributed by atoms with van der Waals surface area (Å²) in [4.78, 5) is 2.65. The van der Waals surface area contributed by atoms with Crippen molar-refractivity contribution in [2.24, 2.45) is 0 Å². The SMILES string of the molecule is C=CCCC(CC)NC1CC2CCCC(C1)N2C. The Morgan fingerprint density at radius 1 is 1.33 bits per heavy atom. The average Bonchev–Trinajstić information content (AvgIpc) is 2.35. The van der Waals surface area contributed by atoms with E-state index in [0.717, 1.165) is 24.5 Å². The third-order valence-electron chi connectivity index (χ3n) is 5.02. The number of nitrogens with zero attached hydrogens (tertiary/aromatic N) is 1. The lowest BCUT2D eigenvalue weighted by molar-refractivity contribution is 0.0454. The van der Waals surface area contributed by atoms with Gasteiger partial charge in [-0.1, -0.05) is 19.4 Å². The summed E-state index contributed by atoms with van der Waals surface area (Å²) in [5, 5.41) is 3.92. The first-order valence-corrected chi connectivity index (χ1v) is 7.83. The summed E-state index contributed by atoms with van der Waals surface area (Å²) in [6.07, 6.45) is 12.7. The lowest BCUT2D eigenvalue weighted by Crippen LogP contribution is -2.55. The van der Waals surface area contributed by atoms with Gasteiger partial charge in [-0.25, -0.2) is 0 Å². The molecule has 2 rings (SSSR count). The molecule has 2 nitrogen and oxygen atoms in total. The zero-order valence-corrected chi connectivity index (χ0v) is 12.2. The van der Waals surface area contributed by atoms with Gasteiger partial charge in [-0.3, -0.25) is 0 Å². The van der Waals surface area contributed by atoms with Crippen LogP contribution in [0.2, 0.25) is 0 Å². The van der Waals surface area contributed by atoms with E-state index in [4.69, 9.17) is 0 Å². The Labute approximate surface area is 113 Å². The molecule has 104 valence electrons. The van der Waals surface area contributed by atoms with Gasteiger partial charge in [-0.2, -0.15) is 0 Å². The summed E-state index contributed by atoms with van der Waals surface area (Å²) in [6, 6.07) is 3.13. The molecule has 0 saturated carbocycles. The molecule has 3 unspecified atom stereocenters. The van der Waals surface area contributed by atoms with E-state index in [1.54, 1.807) is 0 Å². The van der Waals surface area contributed by atoms with E-state index in [-0.39, 0.29) is 0 Å². The Morgan fingerprint density at radius 2 is 2.00 bits per heavy atom. The molecule has 2 heteroatoms. The molecule has 0 aliphatic carbocycles. The van der Waals surface area contributed by atoms with Crippen molar-refractivity contribution in [3.05, 3.63) is 12.7 Å². The highest BCUT2D eigenvalue weighted by Gasteiger charge is 2.36. The molecule has 2 saturated heterocycles. The maximum absolute atomic E-state index is 3.92. The molecule has 2 bridgehead atoms. The highest BCUT2D eigenvalue weighted by atomic mass is 15.2. The fourth-order valence-corrected chi connectivity index (χ4v) is 3.81. The number of piperidine rings is 2. The fraction of sp³-hybridized carbons (Fsp3) is 0.875. The molecule has 2 fully saturated rings. The van der Waals surface area contributed by atoms with Crippen LogP contribution in [-0.4, -0.2) is 36.1 Å². The lowest BCUT2D eigenvalue weighted by atomic mass is 9.82. The summed E-state index contributed by atoms with van der Waals surface area (Å²) >= 11 is 0. The first-order chi connectivity index (χ1) is 8.74. The summed E-state index contributed by atoms with van der Waals surface area (Å²) in [6.45, 7) is 6.14. The molecule has 0 aromatic rings. The lowest BCUT2D eigenvalue weighted by Gasteiger charge is -2.48. The second-order valence-electron chi connectivity index (χ2n) is 6.21. The van der Waals surface area contributed by atoms with Crippen LogP contribution in [0.1, 0.15) is 58.3 Å². The molecule has 0 amide bonds. The van der Waals surface area contributed by atoms with Crippen molar-refractivity contribution in [1.29, 1.82) is 0 Å². The summed E-state index contributed by atoms with van der Waals surface area (Å²) in [5.74, 6) is 0. The van der Waals surface area contributed by atoms with Crippen LogP contribution in [0.25, 0.3) is 0 Å². The van der Waals surface area contributed by atoms with Crippen LogP contribution in [0.4, 0.5) is 0 Å². The molecule has 1 N–H and O–H groups in total. The smallest absolute Gasteiger partial charge is 0.0110 e. The second-order valence-corrected chi connectivity index (χ2v) is 6.21. The van der Waals surface area contributed by atoms with Crippen molar-refractivity contribution in [2.75, 3.05) is 7.05 Å². The zero-order valence-electron chi connectivity index (χ0n) is 12.2. The molecule has 0 spiro atoms. The van der Waals surface area contributed by atoms with Crippen molar-refractivity contribution in [2.45, 2.75) is 82.5 Å². The molecule has 3 atom stereocenters. The van der Waals surface area contributed by atoms with Gasteiger partial charge in [0, 0.05) is 24.2 Å². The number of hydrogen-bond acceptors (Lipinski definition) is 2. The molecule has 2 aliphatic rings. The highest BCUT2D eigenvalue weighted by molar-refractivity contribution is 4.94. The normalized spacial score (nSPS) is 34.2. The standard InChI is InChI=1S/C16H30N2/c1-4-6-8-13(5-2)17-14-11-15-9-7-10-16(12-14)18(15)3/h4,13-17H,1,5-12H2,2-3H3. The van der Waals surface area contributed by atoms with Gasteiger partial charge in [0.25, 0.3) is 0 Å². The van der Waals surface area contributed by atoms with Gasteiger partial charge >= 0.3 is 0 Å². The molecule has 0 aromatic heterocycles. The largest absolute Gasteiger partial charge is 0.311 e. The summed E-state index contributed by atoms with van der Waals surface area (Å²) in [7, 11) is 2.33. The van der Waals surface area contributed by atoms with Crippen LogP contribution in [-0.2, 0) is 0 Å². The van der Waals surface area contributed by atoms with Gasteiger partial charge in [-0.05, 0) is 52.0 Å². The van der Waals surface area contributed by atoms with Gasteiger partial charge in [0.05, 0.1) is 0 Å². The number of rotatable bonds is 6. The predicted molar refractivity (Wildman–Crippen MR) is 78.9 cm³/mol. The van der Waals surface area contributed by atoms with Gasteiger partial charge < -0.3 is 10.2 Å². The van der Waals surface area contributed by atoms with Crippen LogP contribution in [0.3, 0.4) is 0 Å². The zero-order chi connectivity index (χ0) is 13.0. The molecule has 2 heterocycles. The van der Waals surface area contributed by atoms with Crippen molar-refractivity contribution in [3.8, 4) is 0 Å². The average molecular weight is 250 g/mol. The minimum atomic E-state index is 0.692. The van der Waals surface area contributed by atoms with E-state index in [1.165, 1.54) is 44.9 Å². The Balaban J connectivity index is 1.84. The van der Waals surface area contributed by atoms with Crippen LogP contribution >= 0.6 is 0 Å². The van der Waals surface area contributed by atoms with Gasteiger partial charge in [0.2, 0.25) is 0 Å². The molecule has 2 aliphatic heterocycles. The van der Waals surface area contributed by atoms with Gasteiger partial charge in [0.15, 0.2) is 0 Å². The first kappa shape index (κ1) is 14.1. The van der Waals surface area contributed by atoms with Crippen molar-refractivity contribution in [1.82, 2.24) is 10.2 Å². The number of hydrogen-bond donors (Lipinski definition) is 1. The topological polar surface area (TPSA) is 15.3 Å². The Morgan fingerprint density at radius 3 is 2.56 bits per heavy atom. The monoisotopic (exact) mass is 250 g/mol. The van der Waals surface area contributed by atoms with Crippen LogP contribution in [0.15, 0.2) is 12.7 Å². The molecular weight excluding hydrogens is 220 g/mol. The van der Waals surface area contributed by atoms with Gasteiger partial charge in [-0.15, -0.1) is 6.58 Å². The molecular formula is C16H30N2. The maximum Gasteiger partial charge on any atom is 0.0110 e. The maximum atomic E-state index is 3.92. The number of nitrogens with one attached hydrogen (secondary N) is 1. The minimum absolute atomic E-state index is 0.692. The predicted octanol–water partition coefficient (Wildman–Crippen LogP) is 3.34. The Bertz CT molecular complexity index is 250. The van der Waals surface area contributed by atoms with E-state index in [1.807, 2.05) is 6.08 Å². The first-order valence-electron chi connectivity index (χ1n) is 7.83. The Kier molecular flexibility index (Phi) is 5.25. The summed E-state index contributed by atoms with van der Waals surface area (Å²) in [5.41, 5.74) is 0. The van der Waals surface area contributed by atoms with E-state index in [2.05, 4.69) is 30.8 Å². The highest BCUT2D eigenvalue weighted by Crippen LogP contribution is 2.32. The third-order valence-corrected chi connectivity index (χ3v) is 5.02. The van der Waals surface area contributed by atoms with Crippen LogP contribution < -0.4 is 5.32 Å². The molecule has 18 heavy (non-hydrogen) atoms. The van der Waals surface area contributed by atoms with E-state index in [9.17, 15) is 0 Å². The fourth-order valence-electron chi connectivity index (χ4n) is 3.81. The van der Waals surface area contributed by atoms with Crippen molar-refractivity contribution >= 4 is 0 Å². The second kappa shape index (κ2) is 6.72. The number of fused-ring (bicyclic) bond motifs is 2. The summed E-state index contributed by atoms with van der Waals surface area (Å²) < 4.78 is 0. The Hall–Kier alpha value is -0.340. The van der Waals surface area contributed by atoms with Crippen LogP contribution in [0, 0.1) is 0 Å². The quantitative estimate of drug-likeness (QED) is 0.727. The van der Waals surface area contributed by atoms with E-state index in [0.29, 0.717) is 6.04 Å². The van der Waals surface area contributed by atoms with E-state index < -0.39 is 0 Å². The minimum Gasteiger partial charge on any atom is -0.311 e. The third kappa shape index (κ3) is 3.36. The van der Waals surface area contributed by atoms with Crippen LogP contribution in [0.5, 0.6) is 0 Å². The van der Waals surface area contributed by atoms with Crippen molar-refractivity contribution in [3.63, 3.8) is 0 Å². The van der Waals surface area contributed by atoms with E-state index >= 15 is 0 Å². The molecule has 0 aromatic carbocycles. The van der Waals surface area contributed by atoms with Gasteiger partial charge in [0.1, 0.15) is 0 Å².